The van der Waals surface area contributed by atoms with E-state index in [1.54, 1.807) is 0 Å². The molecule has 2 fully saturated rings. The number of halogens is 2. The van der Waals surface area contributed by atoms with E-state index in [0.717, 1.165) is 18.9 Å². The third-order valence-electron chi connectivity index (χ3n) is 4.55. The maximum Gasteiger partial charge on any atom is 0.191 e. The first kappa shape index (κ1) is 18.1. The Bertz CT molecular complexity index is 763. The third kappa shape index (κ3) is 5.14. The van der Waals surface area contributed by atoms with E-state index in [9.17, 15) is 17.2 Å². The van der Waals surface area contributed by atoms with Gasteiger partial charge in [0.15, 0.2) is 27.4 Å². The van der Waals surface area contributed by atoms with Gasteiger partial charge in [-0.15, -0.1) is 0 Å². The molecule has 1 aliphatic carbocycles. The molecule has 0 aromatic heterocycles. The van der Waals surface area contributed by atoms with Crippen LogP contribution >= 0.6 is 0 Å². The van der Waals surface area contributed by atoms with Gasteiger partial charge < -0.3 is 10.6 Å². The number of nitrogens with zero attached hydrogens (tertiary/aromatic N) is 1. The predicted molar refractivity (Wildman–Crippen MR) is 93.1 cm³/mol. The second-order valence-corrected chi connectivity index (χ2v) is 9.15. The van der Waals surface area contributed by atoms with E-state index in [2.05, 4.69) is 15.6 Å². The van der Waals surface area contributed by atoms with E-state index < -0.39 is 21.5 Å². The van der Waals surface area contributed by atoms with Gasteiger partial charge in [-0.25, -0.2) is 17.2 Å². The summed E-state index contributed by atoms with van der Waals surface area (Å²) in [7, 11) is -2.92. The molecule has 0 spiro atoms. The van der Waals surface area contributed by atoms with E-state index in [1.807, 2.05) is 6.92 Å². The van der Waals surface area contributed by atoms with Crippen molar-refractivity contribution in [3.63, 3.8) is 0 Å². The van der Waals surface area contributed by atoms with Crippen molar-refractivity contribution in [1.82, 2.24) is 10.6 Å². The van der Waals surface area contributed by atoms with Gasteiger partial charge in [0.25, 0.3) is 0 Å². The smallest absolute Gasteiger partial charge is 0.191 e. The lowest BCUT2D eigenvalue weighted by Crippen LogP contribution is -2.40. The van der Waals surface area contributed by atoms with Crippen LogP contribution in [-0.2, 0) is 9.84 Å². The summed E-state index contributed by atoms with van der Waals surface area (Å²) < 4.78 is 49.6. The Morgan fingerprint density at radius 1 is 1.28 bits per heavy atom. The largest absolute Gasteiger partial charge is 0.354 e. The summed E-state index contributed by atoms with van der Waals surface area (Å²) in [6.07, 6.45) is 2.78. The van der Waals surface area contributed by atoms with Gasteiger partial charge in [0.1, 0.15) is 0 Å². The minimum Gasteiger partial charge on any atom is -0.354 e. The van der Waals surface area contributed by atoms with Gasteiger partial charge in [0, 0.05) is 12.6 Å². The fourth-order valence-electron chi connectivity index (χ4n) is 2.86. The molecule has 1 aliphatic heterocycles. The first-order valence-corrected chi connectivity index (χ1v) is 10.4. The zero-order valence-corrected chi connectivity index (χ0v) is 15.0. The summed E-state index contributed by atoms with van der Waals surface area (Å²) in [5.41, 5.74) is 0.618. The summed E-state index contributed by atoms with van der Waals surface area (Å²) >= 11 is 0. The van der Waals surface area contributed by atoms with Gasteiger partial charge in [0.05, 0.1) is 17.5 Å². The molecular weight excluding hydrogens is 348 g/mol. The highest BCUT2D eigenvalue weighted by molar-refractivity contribution is 7.91. The van der Waals surface area contributed by atoms with Crippen LogP contribution in [0.15, 0.2) is 23.2 Å². The van der Waals surface area contributed by atoms with Crippen LogP contribution in [-0.4, -0.2) is 38.5 Å². The van der Waals surface area contributed by atoms with Crippen molar-refractivity contribution in [3.8, 4) is 0 Å². The normalized spacial score (nSPS) is 24.1. The van der Waals surface area contributed by atoms with Crippen LogP contribution in [0.4, 0.5) is 8.78 Å². The third-order valence-corrected chi connectivity index (χ3v) is 6.39. The fraction of sp³-hybridized carbons (Fsp3) is 0.588. The first-order valence-electron chi connectivity index (χ1n) is 8.55. The number of benzene rings is 1. The molecule has 3 rings (SSSR count). The molecule has 2 atom stereocenters. The minimum atomic E-state index is -2.92. The molecule has 8 heteroatoms. The minimum absolute atomic E-state index is 0.0429. The maximum absolute atomic E-state index is 13.4. The number of rotatable bonds is 5. The number of guanidine groups is 1. The molecule has 0 radical (unpaired) electrons. The van der Waals surface area contributed by atoms with Crippen LogP contribution in [0.25, 0.3) is 0 Å². The van der Waals surface area contributed by atoms with Gasteiger partial charge >= 0.3 is 0 Å². The Balaban J connectivity index is 1.65. The molecule has 1 aromatic rings. The van der Waals surface area contributed by atoms with Crippen LogP contribution in [0.1, 0.15) is 37.8 Å². The molecule has 25 heavy (non-hydrogen) atoms. The number of hydrogen-bond acceptors (Lipinski definition) is 3. The van der Waals surface area contributed by atoms with Crippen molar-refractivity contribution in [2.75, 3.05) is 18.1 Å². The first-order chi connectivity index (χ1) is 11.8. The standard InChI is InChI=1S/C17H23F2N3O2S/c1-11(13-2-5-15(18)16(19)8-13)21-17(22-14-3-4-14)20-9-12-6-7-25(23,24)10-12/h2,5,8,11-12,14H,3-4,6-7,9-10H2,1H3,(H2,20,21,22). The molecule has 1 saturated carbocycles. The average molecular weight is 371 g/mol. The van der Waals surface area contributed by atoms with Crippen molar-refractivity contribution in [3.05, 3.63) is 35.4 Å². The SMILES string of the molecule is CC(NC(=NCC1CCS(=O)(=O)C1)NC1CC1)c1ccc(F)c(F)c1. The van der Waals surface area contributed by atoms with Gasteiger partial charge in [-0.05, 0) is 49.8 Å². The van der Waals surface area contributed by atoms with Crippen LogP contribution in [0.3, 0.4) is 0 Å². The molecule has 1 heterocycles. The van der Waals surface area contributed by atoms with Crippen molar-refractivity contribution in [2.45, 2.75) is 38.3 Å². The van der Waals surface area contributed by atoms with Gasteiger partial charge in [-0.3, -0.25) is 4.99 Å². The molecule has 2 N–H and O–H groups in total. The Morgan fingerprint density at radius 3 is 2.64 bits per heavy atom. The zero-order chi connectivity index (χ0) is 18.0. The molecule has 2 unspecified atom stereocenters. The Labute approximate surface area is 146 Å². The zero-order valence-electron chi connectivity index (χ0n) is 14.1. The molecular formula is C17H23F2N3O2S. The fourth-order valence-corrected chi connectivity index (χ4v) is 4.71. The molecule has 138 valence electrons. The number of sulfone groups is 1. The highest BCUT2D eigenvalue weighted by Gasteiger charge is 2.28. The van der Waals surface area contributed by atoms with Gasteiger partial charge in [0.2, 0.25) is 0 Å². The van der Waals surface area contributed by atoms with E-state index in [4.69, 9.17) is 0 Å². The number of aliphatic imine (C=N–C) groups is 1. The predicted octanol–water partition coefficient (Wildman–Crippen LogP) is 2.16. The van der Waals surface area contributed by atoms with Crippen LogP contribution in [0.5, 0.6) is 0 Å². The summed E-state index contributed by atoms with van der Waals surface area (Å²) in [6.45, 7) is 2.28. The van der Waals surface area contributed by atoms with Crippen LogP contribution in [0, 0.1) is 17.6 Å². The maximum atomic E-state index is 13.4. The molecule has 2 aliphatic rings. The van der Waals surface area contributed by atoms with Crippen molar-refractivity contribution >= 4 is 15.8 Å². The molecule has 1 saturated heterocycles. The van der Waals surface area contributed by atoms with Crippen molar-refractivity contribution in [2.24, 2.45) is 10.9 Å². The van der Waals surface area contributed by atoms with Crippen LogP contribution < -0.4 is 10.6 Å². The van der Waals surface area contributed by atoms with E-state index in [0.29, 0.717) is 30.5 Å². The van der Waals surface area contributed by atoms with E-state index in [-0.39, 0.29) is 23.5 Å². The second-order valence-electron chi connectivity index (χ2n) is 6.92. The van der Waals surface area contributed by atoms with Crippen LogP contribution in [0.2, 0.25) is 0 Å². The highest BCUT2D eigenvalue weighted by atomic mass is 32.2. The topological polar surface area (TPSA) is 70.6 Å². The summed E-state index contributed by atoms with van der Waals surface area (Å²) in [6, 6.07) is 3.93. The summed E-state index contributed by atoms with van der Waals surface area (Å²) in [4.78, 5) is 4.52. The average Bonchev–Trinajstić information content (AvgIpc) is 3.29. The van der Waals surface area contributed by atoms with E-state index >= 15 is 0 Å². The lowest BCUT2D eigenvalue weighted by atomic mass is 10.1. The second kappa shape index (κ2) is 7.27. The molecule has 5 nitrogen and oxygen atoms in total. The van der Waals surface area contributed by atoms with Gasteiger partial charge in [-0.2, -0.15) is 0 Å². The number of hydrogen-bond donors (Lipinski definition) is 2. The number of nitrogens with one attached hydrogen (secondary N) is 2. The summed E-state index contributed by atoms with van der Waals surface area (Å²) in [5.74, 6) is -0.701. The monoisotopic (exact) mass is 371 g/mol. The molecule has 0 bridgehead atoms. The molecule has 1 aromatic carbocycles. The van der Waals surface area contributed by atoms with E-state index in [1.165, 1.54) is 12.1 Å². The summed E-state index contributed by atoms with van der Waals surface area (Å²) in [5, 5.41) is 6.48. The highest BCUT2D eigenvalue weighted by Crippen LogP contribution is 2.21. The van der Waals surface area contributed by atoms with Gasteiger partial charge in [-0.1, -0.05) is 6.07 Å². The quantitative estimate of drug-likeness (QED) is 0.615. The molecule has 0 amide bonds. The lowest BCUT2D eigenvalue weighted by molar-refractivity contribution is 0.504. The van der Waals surface area contributed by atoms with Crippen molar-refractivity contribution < 1.29 is 17.2 Å². The Morgan fingerprint density at radius 2 is 2.04 bits per heavy atom. The van der Waals surface area contributed by atoms with Crippen molar-refractivity contribution in [1.29, 1.82) is 0 Å². The Hall–Kier alpha value is -1.70. The lowest BCUT2D eigenvalue weighted by Gasteiger charge is -2.19. The Kier molecular flexibility index (Phi) is 5.27.